The minimum absolute atomic E-state index is 0.0225. The maximum absolute atomic E-state index is 12.1. The number of amides is 2. The third-order valence-corrected chi connectivity index (χ3v) is 4.55. The summed E-state index contributed by atoms with van der Waals surface area (Å²) in [4.78, 5) is 23.8. The van der Waals surface area contributed by atoms with Gasteiger partial charge in [-0.15, -0.1) is 0 Å². The molecule has 4 heteroatoms. The van der Waals surface area contributed by atoms with Gasteiger partial charge in [0.05, 0.1) is 0 Å². The Morgan fingerprint density at radius 2 is 1.50 bits per heavy atom. The smallest absolute Gasteiger partial charge is 0.224 e. The maximum atomic E-state index is 12.1. The summed E-state index contributed by atoms with van der Waals surface area (Å²) in [6, 6.07) is 7.33. The lowest BCUT2D eigenvalue weighted by molar-refractivity contribution is -0.117. The molecule has 2 N–H and O–H groups in total. The summed E-state index contributed by atoms with van der Waals surface area (Å²) >= 11 is 0. The summed E-state index contributed by atoms with van der Waals surface area (Å²) in [6.07, 6.45) is 8.64. The van der Waals surface area contributed by atoms with Gasteiger partial charge in [-0.2, -0.15) is 0 Å². The van der Waals surface area contributed by atoms with Crippen LogP contribution in [0.4, 0.5) is 11.4 Å². The molecule has 0 saturated heterocycles. The number of carbonyl (C=O) groups is 2. The Morgan fingerprint density at radius 3 is 2.04 bits per heavy atom. The molecule has 0 heterocycles. The molecule has 1 aliphatic rings. The van der Waals surface area contributed by atoms with Crippen LogP contribution in [-0.2, 0) is 9.59 Å². The van der Waals surface area contributed by atoms with E-state index in [0.717, 1.165) is 23.7 Å². The third-order valence-electron chi connectivity index (χ3n) is 4.55. The van der Waals surface area contributed by atoms with Gasteiger partial charge < -0.3 is 10.6 Å². The highest BCUT2D eigenvalue weighted by Crippen LogP contribution is 2.27. The van der Waals surface area contributed by atoms with Crippen LogP contribution in [0.2, 0.25) is 0 Å². The zero-order valence-corrected chi connectivity index (χ0v) is 14.9. The molecule has 24 heavy (non-hydrogen) atoms. The van der Waals surface area contributed by atoms with Crippen LogP contribution in [0.1, 0.15) is 65.2 Å². The molecule has 0 aromatic heterocycles. The summed E-state index contributed by atoms with van der Waals surface area (Å²) in [5.74, 6) is 1.17. The number of nitrogens with one attached hydrogen (secondary N) is 2. The van der Waals surface area contributed by atoms with Gasteiger partial charge in [-0.25, -0.2) is 0 Å². The Bertz CT molecular complexity index is 531. The SMILES string of the molecule is CC(C)CC(=O)Nc1ccc(NC(=O)CCC2CCCCC2)cc1. The average Bonchev–Trinajstić information content (AvgIpc) is 2.55. The van der Waals surface area contributed by atoms with E-state index < -0.39 is 0 Å². The van der Waals surface area contributed by atoms with Crippen molar-refractivity contribution in [3.63, 3.8) is 0 Å². The van der Waals surface area contributed by atoms with E-state index in [1.54, 1.807) is 0 Å². The zero-order chi connectivity index (χ0) is 17.4. The van der Waals surface area contributed by atoms with E-state index in [9.17, 15) is 9.59 Å². The van der Waals surface area contributed by atoms with Crippen molar-refractivity contribution in [2.24, 2.45) is 11.8 Å². The largest absolute Gasteiger partial charge is 0.326 e. The molecule has 1 aromatic rings. The van der Waals surface area contributed by atoms with E-state index in [0.29, 0.717) is 18.8 Å². The minimum atomic E-state index is 0.0225. The second-order valence-corrected chi connectivity index (χ2v) is 7.31. The van der Waals surface area contributed by atoms with Crippen molar-refractivity contribution in [3.8, 4) is 0 Å². The van der Waals surface area contributed by atoms with Crippen molar-refractivity contribution in [2.45, 2.75) is 65.2 Å². The second kappa shape index (κ2) is 9.45. The van der Waals surface area contributed by atoms with Crippen molar-refractivity contribution in [1.82, 2.24) is 0 Å². The van der Waals surface area contributed by atoms with Gasteiger partial charge in [-0.05, 0) is 42.5 Å². The average molecular weight is 330 g/mol. The minimum Gasteiger partial charge on any atom is -0.326 e. The van der Waals surface area contributed by atoms with Crippen LogP contribution in [0.5, 0.6) is 0 Å². The summed E-state index contributed by atoms with van der Waals surface area (Å²) in [6.45, 7) is 4.04. The molecule has 1 fully saturated rings. The van der Waals surface area contributed by atoms with Crippen LogP contribution >= 0.6 is 0 Å². The van der Waals surface area contributed by atoms with Gasteiger partial charge in [0.15, 0.2) is 0 Å². The topological polar surface area (TPSA) is 58.2 Å². The fourth-order valence-corrected chi connectivity index (χ4v) is 3.25. The van der Waals surface area contributed by atoms with Crippen molar-refractivity contribution in [1.29, 1.82) is 0 Å². The first-order chi connectivity index (χ1) is 11.5. The van der Waals surface area contributed by atoms with Gasteiger partial charge in [0.2, 0.25) is 11.8 Å². The molecule has 2 amide bonds. The van der Waals surface area contributed by atoms with Crippen LogP contribution in [0.3, 0.4) is 0 Å². The lowest BCUT2D eigenvalue weighted by atomic mass is 9.86. The molecule has 0 atom stereocenters. The number of hydrogen-bond acceptors (Lipinski definition) is 2. The molecule has 1 saturated carbocycles. The molecule has 4 nitrogen and oxygen atoms in total. The Morgan fingerprint density at radius 1 is 0.958 bits per heavy atom. The Balaban J connectivity index is 1.74. The van der Waals surface area contributed by atoms with Crippen LogP contribution < -0.4 is 10.6 Å². The molecular weight excluding hydrogens is 300 g/mol. The fourth-order valence-electron chi connectivity index (χ4n) is 3.25. The number of hydrogen-bond donors (Lipinski definition) is 2. The summed E-state index contributed by atoms with van der Waals surface area (Å²) < 4.78 is 0. The van der Waals surface area contributed by atoms with E-state index in [-0.39, 0.29) is 11.8 Å². The van der Waals surface area contributed by atoms with E-state index in [2.05, 4.69) is 10.6 Å². The summed E-state index contributed by atoms with van der Waals surface area (Å²) in [5.41, 5.74) is 1.55. The molecule has 0 radical (unpaired) electrons. The van der Waals surface area contributed by atoms with Crippen LogP contribution in [0, 0.1) is 11.8 Å². The van der Waals surface area contributed by atoms with Crippen LogP contribution in [-0.4, -0.2) is 11.8 Å². The Hall–Kier alpha value is -1.84. The van der Waals surface area contributed by atoms with Gasteiger partial charge in [0.25, 0.3) is 0 Å². The third kappa shape index (κ3) is 6.73. The van der Waals surface area contributed by atoms with Crippen molar-refractivity contribution < 1.29 is 9.59 Å². The van der Waals surface area contributed by atoms with Crippen molar-refractivity contribution >= 4 is 23.2 Å². The maximum Gasteiger partial charge on any atom is 0.224 e. The van der Waals surface area contributed by atoms with Crippen LogP contribution in [0.25, 0.3) is 0 Å². The second-order valence-electron chi connectivity index (χ2n) is 7.31. The highest BCUT2D eigenvalue weighted by atomic mass is 16.2. The van der Waals surface area contributed by atoms with Gasteiger partial charge in [0, 0.05) is 24.2 Å². The van der Waals surface area contributed by atoms with Gasteiger partial charge in [-0.1, -0.05) is 46.0 Å². The van der Waals surface area contributed by atoms with Gasteiger partial charge in [-0.3, -0.25) is 9.59 Å². The molecule has 0 unspecified atom stereocenters. The molecular formula is C20H30N2O2. The monoisotopic (exact) mass is 330 g/mol. The molecule has 1 aliphatic carbocycles. The van der Waals surface area contributed by atoms with E-state index in [1.165, 1.54) is 32.1 Å². The first-order valence-electron chi connectivity index (χ1n) is 9.22. The lowest BCUT2D eigenvalue weighted by Gasteiger charge is -2.21. The number of carbonyl (C=O) groups excluding carboxylic acids is 2. The fraction of sp³-hybridized carbons (Fsp3) is 0.600. The first kappa shape index (κ1) is 18.5. The van der Waals surface area contributed by atoms with Gasteiger partial charge in [0.1, 0.15) is 0 Å². The predicted octanol–water partition coefficient (Wildman–Crippen LogP) is 4.97. The Kier molecular flexibility index (Phi) is 7.29. The van der Waals surface area contributed by atoms with Crippen molar-refractivity contribution in [3.05, 3.63) is 24.3 Å². The quantitative estimate of drug-likeness (QED) is 0.741. The zero-order valence-electron chi connectivity index (χ0n) is 14.9. The molecule has 0 spiro atoms. The lowest BCUT2D eigenvalue weighted by Crippen LogP contribution is -2.15. The summed E-state index contributed by atoms with van der Waals surface area (Å²) in [7, 11) is 0. The molecule has 0 bridgehead atoms. The predicted molar refractivity (Wildman–Crippen MR) is 99.0 cm³/mol. The van der Waals surface area contributed by atoms with Gasteiger partial charge >= 0.3 is 0 Å². The van der Waals surface area contributed by atoms with Crippen molar-refractivity contribution in [2.75, 3.05) is 10.6 Å². The standard InChI is InChI=1S/C20H30N2O2/c1-15(2)14-20(24)22-18-11-9-17(10-12-18)21-19(23)13-8-16-6-4-3-5-7-16/h9-12,15-16H,3-8,13-14H2,1-2H3,(H,21,23)(H,22,24). The number of benzene rings is 1. The van der Waals surface area contributed by atoms with E-state index in [1.807, 2.05) is 38.1 Å². The number of rotatable bonds is 7. The molecule has 0 aliphatic heterocycles. The van der Waals surface area contributed by atoms with Crippen LogP contribution in [0.15, 0.2) is 24.3 Å². The highest BCUT2D eigenvalue weighted by Gasteiger charge is 2.14. The molecule has 2 rings (SSSR count). The van der Waals surface area contributed by atoms with E-state index in [4.69, 9.17) is 0 Å². The first-order valence-corrected chi connectivity index (χ1v) is 9.22. The highest BCUT2D eigenvalue weighted by molar-refractivity contribution is 5.93. The van der Waals surface area contributed by atoms with E-state index >= 15 is 0 Å². The normalized spacial score (nSPS) is 15.3. The summed E-state index contributed by atoms with van der Waals surface area (Å²) in [5, 5.41) is 5.81. The number of anilines is 2. The Labute approximate surface area is 145 Å². The molecule has 1 aromatic carbocycles. The molecule has 132 valence electrons.